The molecular formula is C8H11Br2NS. The highest BCUT2D eigenvalue weighted by molar-refractivity contribution is 9.12. The number of thiophene rings is 1. The van der Waals surface area contributed by atoms with Crippen LogP contribution in [0.15, 0.2) is 13.6 Å². The Bertz CT molecular complexity index is 256. The Hall–Kier alpha value is 0.620. The summed E-state index contributed by atoms with van der Waals surface area (Å²) >= 11 is 8.74. The molecule has 4 heteroatoms. The van der Waals surface area contributed by atoms with E-state index in [9.17, 15) is 0 Å². The van der Waals surface area contributed by atoms with E-state index < -0.39 is 0 Å². The first kappa shape index (κ1) is 10.7. The van der Waals surface area contributed by atoms with Crippen molar-refractivity contribution >= 4 is 43.2 Å². The van der Waals surface area contributed by atoms with Crippen LogP contribution < -0.4 is 5.32 Å². The van der Waals surface area contributed by atoms with Gasteiger partial charge < -0.3 is 5.32 Å². The van der Waals surface area contributed by atoms with Gasteiger partial charge in [0.05, 0.1) is 7.57 Å². The molecule has 0 amide bonds. The fourth-order valence-corrected chi connectivity index (χ4v) is 4.14. The van der Waals surface area contributed by atoms with Gasteiger partial charge in [-0.15, -0.1) is 11.3 Å². The molecular weight excluding hydrogens is 302 g/mol. The summed E-state index contributed by atoms with van der Waals surface area (Å²) in [5.74, 6) is 0. The third-order valence-electron chi connectivity index (χ3n) is 1.82. The first-order valence-electron chi connectivity index (χ1n) is 3.81. The molecule has 0 spiro atoms. The van der Waals surface area contributed by atoms with Crippen molar-refractivity contribution < 1.29 is 0 Å². The number of hydrogen-bond donors (Lipinski definition) is 1. The second-order valence-corrected chi connectivity index (χ2v) is 6.28. The normalized spacial score (nSPS) is 13.3. The van der Waals surface area contributed by atoms with Crippen LogP contribution in [0.3, 0.4) is 0 Å². The van der Waals surface area contributed by atoms with Gasteiger partial charge in [0.1, 0.15) is 0 Å². The lowest BCUT2D eigenvalue weighted by Gasteiger charge is -2.12. The van der Waals surface area contributed by atoms with Gasteiger partial charge in [0.25, 0.3) is 0 Å². The number of rotatable bonds is 3. The second kappa shape index (κ2) is 4.74. The standard InChI is InChI=1S/C8H11Br2NS/c1-3-6(11-2)5-4-7(9)12-8(5)10/h4,6,11H,3H2,1-2H3. The molecule has 1 aromatic rings. The van der Waals surface area contributed by atoms with Crippen LogP contribution in [-0.2, 0) is 0 Å². The molecule has 1 unspecified atom stereocenters. The minimum Gasteiger partial charge on any atom is -0.313 e. The van der Waals surface area contributed by atoms with E-state index in [2.05, 4.69) is 50.2 Å². The molecule has 0 saturated heterocycles. The monoisotopic (exact) mass is 311 g/mol. The van der Waals surface area contributed by atoms with Crippen molar-refractivity contribution in [2.24, 2.45) is 0 Å². The van der Waals surface area contributed by atoms with Gasteiger partial charge in [-0.2, -0.15) is 0 Å². The molecule has 1 nitrogen and oxygen atoms in total. The van der Waals surface area contributed by atoms with Crippen molar-refractivity contribution in [1.29, 1.82) is 0 Å². The zero-order chi connectivity index (χ0) is 9.14. The van der Waals surface area contributed by atoms with Gasteiger partial charge >= 0.3 is 0 Å². The minimum atomic E-state index is 0.460. The number of nitrogens with one attached hydrogen (secondary N) is 1. The lowest BCUT2D eigenvalue weighted by molar-refractivity contribution is 0.577. The second-order valence-electron chi connectivity index (χ2n) is 2.53. The van der Waals surface area contributed by atoms with Crippen molar-refractivity contribution in [2.45, 2.75) is 19.4 Å². The van der Waals surface area contributed by atoms with E-state index in [1.54, 1.807) is 11.3 Å². The first-order valence-corrected chi connectivity index (χ1v) is 6.21. The first-order chi connectivity index (χ1) is 5.69. The maximum absolute atomic E-state index is 3.55. The van der Waals surface area contributed by atoms with Crippen LogP contribution in [0.1, 0.15) is 24.9 Å². The topological polar surface area (TPSA) is 12.0 Å². The molecule has 1 heterocycles. The smallest absolute Gasteiger partial charge is 0.0758 e. The summed E-state index contributed by atoms with van der Waals surface area (Å²) in [6.45, 7) is 2.18. The molecule has 1 atom stereocenters. The Balaban J connectivity index is 2.91. The summed E-state index contributed by atoms with van der Waals surface area (Å²) in [6, 6.07) is 2.63. The average molecular weight is 313 g/mol. The fraction of sp³-hybridized carbons (Fsp3) is 0.500. The van der Waals surface area contributed by atoms with Crippen LogP contribution >= 0.6 is 43.2 Å². The third kappa shape index (κ3) is 2.31. The third-order valence-corrected chi connectivity index (χ3v) is 4.20. The predicted molar refractivity (Wildman–Crippen MR) is 61.8 cm³/mol. The van der Waals surface area contributed by atoms with Gasteiger partial charge in [-0.3, -0.25) is 0 Å². The molecule has 1 rings (SSSR count). The van der Waals surface area contributed by atoms with Crippen LogP contribution in [0.2, 0.25) is 0 Å². The molecule has 1 N–H and O–H groups in total. The van der Waals surface area contributed by atoms with E-state index >= 15 is 0 Å². The van der Waals surface area contributed by atoms with Gasteiger partial charge in [0.15, 0.2) is 0 Å². The molecule has 0 fully saturated rings. The van der Waals surface area contributed by atoms with Gasteiger partial charge in [0.2, 0.25) is 0 Å². The van der Waals surface area contributed by atoms with Crippen LogP contribution in [0.25, 0.3) is 0 Å². The van der Waals surface area contributed by atoms with E-state index in [0.29, 0.717) is 6.04 Å². The van der Waals surface area contributed by atoms with Crippen LogP contribution in [0.4, 0.5) is 0 Å². The van der Waals surface area contributed by atoms with E-state index in [1.807, 2.05) is 7.05 Å². The maximum atomic E-state index is 3.55. The van der Waals surface area contributed by atoms with Gasteiger partial charge in [-0.25, -0.2) is 0 Å². The van der Waals surface area contributed by atoms with Crippen molar-refractivity contribution in [3.63, 3.8) is 0 Å². The molecule has 0 aromatic carbocycles. The van der Waals surface area contributed by atoms with Gasteiger partial charge in [-0.05, 0) is 57.0 Å². The summed E-state index contributed by atoms with van der Waals surface area (Å²) < 4.78 is 2.40. The van der Waals surface area contributed by atoms with E-state index in [0.717, 1.165) is 6.42 Å². The zero-order valence-electron chi connectivity index (χ0n) is 7.03. The summed E-state index contributed by atoms with van der Waals surface area (Å²) in [5, 5.41) is 3.28. The molecule has 1 aromatic heterocycles. The summed E-state index contributed by atoms with van der Waals surface area (Å²) in [7, 11) is 1.99. The highest BCUT2D eigenvalue weighted by Crippen LogP contribution is 2.36. The zero-order valence-corrected chi connectivity index (χ0v) is 11.0. The van der Waals surface area contributed by atoms with Crippen LogP contribution in [0, 0.1) is 0 Å². The Morgan fingerprint density at radius 2 is 2.25 bits per heavy atom. The highest BCUT2D eigenvalue weighted by Gasteiger charge is 2.12. The summed E-state index contributed by atoms with van der Waals surface area (Å²) in [6.07, 6.45) is 1.11. The van der Waals surface area contributed by atoms with Crippen molar-refractivity contribution in [3.8, 4) is 0 Å². The summed E-state index contributed by atoms with van der Waals surface area (Å²) in [4.78, 5) is 0. The lowest BCUT2D eigenvalue weighted by Crippen LogP contribution is -2.14. The summed E-state index contributed by atoms with van der Waals surface area (Å²) in [5.41, 5.74) is 1.34. The molecule has 68 valence electrons. The Labute approximate surface area is 93.8 Å². The van der Waals surface area contributed by atoms with Crippen LogP contribution in [-0.4, -0.2) is 7.05 Å². The van der Waals surface area contributed by atoms with E-state index in [4.69, 9.17) is 0 Å². The Morgan fingerprint density at radius 3 is 2.58 bits per heavy atom. The maximum Gasteiger partial charge on any atom is 0.0758 e. The molecule has 0 radical (unpaired) electrons. The SMILES string of the molecule is CCC(NC)c1cc(Br)sc1Br. The Morgan fingerprint density at radius 1 is 1.58 bits per heavy atom. The molecule has 0 aliphatic rings. The van der Waals surface area contributed by atoms with Crippen molar-refractivity contribution in [2.75, 3.05) is 7.05 Å². The van der Waals surface area contributed by atoms with Gasteiger partial charge in [-0.1, -0.05) is 6.92 Å². The Kier molecular flexibility index (Phi) is 4.23. The largest absolute Gasteiger partial charge is 0.313 e. The van der Waals surface area contributed by atoms with Crippen molar-refractivity contribution in [3.05, 3.63) is 19.2 Å². The molecule has 0 saturated carbocycles. The number of hydrogen-bond acceptors (Lipinski definition) is 2. The highest BCUT2D eigenvalue weighted by atomic mass is 79.9. The molecule has 0 bridgehead atoms. The van der Waals surface area contributed by atoms with E-state index in [1.165, 1.54) is 13.1 Å². The van der Waals surface area contributed by atoms with E-state index in [-0.39, 0.29) is 0 Å². The number of halogens is 2. The van der Waals surface area contributed by atoms with Crippen LogP contribution in [0.5, 0.6) is 0 Å². The molecule has 0 aliphatic carbocycles. The quantitative estimate of drug-likeness (QED) is 0.891. The molecule has 12 heavy (non-hydrogen) atoms. The molecule has 0 aliphatic heterocycles. The van der Waals surface area contributed by atoms with Crippen molar-refractivity contribution in [1.82, 2.24) is 5.32 Å². The predicted octanol–water partition coefficient (Wildman–Crippen LogP) is 3.94. The lowest BCUT2D eigenvalue weighted by atomic mass is 10.1. The fourth-order valence-electron chi connectivity index (χ4n) is 1.17. The minimum absolute atomic E-state index is 0.460. The van der Waals surface area contributed by atoms with Gasteiger partial charge in [0, 0.05) is 6.04 Å². The average Bonchev–Trinajstić information content (AvgIpc) is 2.34.